The molecule has 2 aliphatic heterocycles. The molecule has 5 heterocycles. The normalized spacial score (nSPS) is 18.0. The number of anilines is 2. The molecule has 48 heavy (non-hydrogen) atoms. The van der Waals surface area contributed by atoms with Gasteiger partial charge >= 0.3 is 0 Å². The van der Waals surface area contributed by atoms with E-state index in [2.05, 4.69) is 20.2 Å². The van der Waals surface area contributed by atoms with Gasteiger partial charge in [0.05, 0.1) is 16.6 Å². The van der Waals surface area contributed by atoms with Crippen molar-refractivity contribution in [3.05, 3.63) is 62.7 Å². The van der Waals surface area contributed by atoms with Gasteiger partial charge in [-0.15, -0.1) is 0 Å². The Balaban J connectivity index is 1.22. The Morgan fingerprint density at radius 2 is 1.88 bits per heavy atom. The number of aryl methyl sites for hydroxylation is 1. The number of primary amides is 1. The van der Waals surface area contributed by atoms with Crippen LogP contribution in [0.15, 0.2) is 23.1 Å². The van der Waals surface area contributed by atoms with E-state index in [-0.39, 0.29) is 33.3 Å². The molecule has 0 unspecified atom stereocenters. The van der Waals surface area contributed by atoms with Gasteiger partial charge in [0.2, 0.25) is 17.7 Å². The van der Waals surface area contributed by atoms with E-state index in [9.17, 15) is 23.9 Å². The van der Waals surface area contributed by atoms with E-state index in [4.69, 9.17) is 17.3 Å². The lowest BCUT2D eigenvalue weighted by Gasteiger charge is -2.40. The molecule has 3 aromatic heterocycles. The molecule has 2 amide bonds. The molecule has 2 fully saturated rings. The van der Waals surface area contributed by atoms with E-state index < -0.39 is 58.4 Å². The molecule has 7 rings (SSSR count). The highest BCUT2D eigenvalue weighted by molar-refractivity contribution is 6.33. The number of nitrogens with one attached hydrogen (secondary N) is 1. The van der Waals surface area contributed by atoms with Gasteiger partial charge in [0.25, 0.3) is 11.5 Å². The fourth-order valence-corrected chi connectivity index (χ4v) is 6.87. The van der Waals surface area contributed by atoms with Gasteiger partial charge in [-0.25, -0.2) is 14.4 Å². The van der Waals surface area contributed by atoms with Gasteiger partial charge < -0.3 is 25.6 Å². The van der Waals surface area contributed by atoms with Crippen molar-refractivity contribution in [2.24, 2.45) is 11.7 Å². The van der Waals surface area contributed by atoms with Crippen LogP contribution in [0.2, 0.25) is 5.02 Å². The van der Waals surface area contributed by atoms with Gasteiger partial charge in [-0.1, -0.05) is 11.6 Å². The minimum Gasteiger partial charge on any atom is -0.504 e. The van der Waals surface area contributed by atoms with Crippen LogP contribution in [-0.2, 0) is 24.3 Å². The van der Waals surface area contributed by atoms with Crippen LogP contribution in [-0.4, -0.2) is 73.1 Å². The first-order valence-corrected chi connectivity index (χ1v) is 16.1. The predicted octanol–water partition coefficient (Wildman–Crippen LogP) is 3.64. The van der Waals surface area contributed by atoms with Crippen molar-refractivity contribution in [1.82, 2.24) is 24.0 Å². The maximum Gasteiger partial charge on any atom is 0.263 e. The van der Waals surface area contributed by atoms with Crippen LogP contribution in [0, 0.1) is 23.5 Å². The average Bonchev–Trinajstić information content (AvgIpc) is 3.59. The first-order chi connectivity index (χ1) is 22.9. The van der Waals surface area contributed by atoms with Crippen LogP contribution in [0.25, 0.3) is 22.2 Å². The Hall–Kier alpha value is -4.63. The van der Waals surface area contributed by atoms with E-state index in [0.29, 0.717) is 37.6 Å². The number of amides is 2. The van der Waals surface area contributed by atoms with Crippen molar-refractivity contribution in [1.29, 1.82) is 0 Å². The van der Waals surface area contributed by atoms with Crippen LogP contribution < -0.4 is 21.5 Å². The number of aromatic hydroxyl groups is 1. The minimum atomic E-state index is -1.72. The molecule has 0 radical (unpaired) electrons. The molecular weight excluding hydrogens is 653 g/mol. The van der Waals surface area contributed by atoms with Crippen LogP contribution in [0.1, 0.15) is 42.4 Å². The van der Waals surface area contributed by atoms with Crippen LogP contribution in [0.4, 0.5) is 24.7 Å². The number of rotatable bonds is 8. The van der Waals surface area contributed by atoms with Gasteiger partial charge in [0, 0.05) is 68.6 Å². The second-order valence-electron chi connectivity index (χ2n) is 12.7. The summed E-state index contributed by atoms with van der Waals surface area (Å²) in [5.41, 5.74) is 3.34. The molecule has 0 spiro atoms. The molecule has 1 saturated carbocycles. The summed E-state index contributed by atoms with van der Waals surface area (Å²) in [4.78, 5) is 52.0. The zero-order valence-corrected chi connectivity index (χ0v) is 26.7. The summed E-state index contributed by atoms with van der Waals surface area (Å²) in [7, 11) is 0. The fraction of sp³-hybridized carbons (Fsp3) is 0.406. The van der Waals surface area contributed by atoms with E-state index in [1.165, 1.54) is 34.2 Å². The number of hydrogen-bond acceptors (Lipinski definition) is 8. The molecule has 1 saturated heterocycles. The first kappa shape index (κ1) is 31.9. The largest absolute Gasteiger partial charge is 0.504 e. The number of phenols is 1. The van der Waals surface area contributed by atoms with E-state index in [1.807, 2.05) is 11.8 Å². The molecule has 1 aromatic carbocycles. The summed E-state index contributed by atoms with van der Waals surface area (Å²) >= 11 is 6.25. The molecule has 0 bridgehead atoms. The number of nitrogens with zero attached hydrogens (tertiary/aromatic N) is 6. The molecule has 16 heteroatoms. The SMILES string of the molecule is C[C@H]1CN(CC2CC2)CCN1c1cc(NC(=O)Cn2cc(-c3cc(C(N)=O)c(O)c(F)c3F)c3c(=O)n4c(nc32)CCC4)c(Cl)c(F)n1. The zero-order valence-electron chi connectivity index (χ0n) is 25.9. The number of nitrogens with two attached hydrogens (primary N) is 1. The van der Waals surface area contributed by atoms with Gasteiger partial charge in [-0.05, 0) is 38.2 Å². The number of halogens is 4. The van der Waals surface area contributed by atoms with E-state index in [1.54, 1.807) is 0 Å². The van der Waals surface area contributed by atoms with Crippen molar-refractivity contribution >= 4 is 46.0 Å². The Kier molecular flexibility index (Phi) is 8.06. The molecule has 4 N–H and O–H groups in total. The highest BCUT2D eigenvalue weighted by atomic mass is 35.5. The Bertz CT molecular complexity index is 2060. The summed E-state index contributed by atoms with van der Waals surface area (Å²) in [6, 6.07) is 2.39. The molecule has 1 aliphatic carbocycles. The monoisotopic (exact) mass is 684 g/mol. The summed E-state index contributed by atoms with van der Waals surface area (Å²) in [6.07, 6.45) is 4.84. The number of hydrogen-bond donors (Lipinski definition) is 3. The number of fused-ring (bicyclic) bond motifs is 2. The quantitative estimate of drug-likeness (QED) is 0.238. The molecule has 4 aromatic rings. The van der Waals surface area contributed by atoms with E-state index in [0.717, 1.165) is 31.6 Å². The predicted molar refractivity (Wildman–Crippen MR) is 172 cm³/mol. The summed E-state index contributed by atoms with van der Waals surface area (Å²) < 4.78 is 47.8. The van der Waals surface area contributed by atoms with E-state index >= 15 is 8.78 Å². The third-order valence-corrected chi connectivity index (χ3v) is 9.64. The maximum absolute atomic E-state index is 15.3. The van der Waals surface area contributed by atoms with Crippen molar-refractivity contribution in [3.8, 4) is 16.9 Å². The smallest absolute Gasteiger partial charge is 0.263 e. The second-order valence-corrected chi connectivity index (χ2v) is 13.1. The number of aromatic nitrogens is 4. The third-order valence-electron chi connectivity index (χ3n) is 9.29. The molecular formula is C32H32ClF3N8O4. The van der Waals surface area contributed by atoms with Crippen LogP contribution in [0.5, 0.6) is 5.75 Å². The zero-order chi connectivity index (χ0) is 34.0. The lowest BCUT2D eigenvalue weighted by atomic mass is 10.0. The van der Waals surface area contributed by atoms with Crippen molar-refractivity contribution in [3.63, 3.8) is 0 Å². The average molecular weight is 685 g/mol. The number of carbonyl (C=O) groups excluding carboxylic acids is 2. The minimum absolute atomic E-state index is 0.0115. The number of carbonyl (C=O) groups is 2. The van der Waals surface area contributed by atoms with Crippen LogP contribution >= 0.6 is 11.6 Å². The van der Waals surface area contributed by atoms with Gasteiger partial charge in [-0.3, -0.25) is 23.9 Å². The Morgan fingerprint density at radius 1 is 1.10 bits per heavy atom. The number of benzene rings is 1. The molecule has 12 nitrogen and oxygen atoms in total. The third kappa shape index (κ3) is 5.64. The van der Waals surface area contributed by atoms with Crippen molar-refractivity contribution in [2.45, 2.75) is 51.7 Å². The summed E-state index contributed by atoms with van der Waals surface area (Å²) in [5, 5.41) is 12.1. The fourth-order valence-electron chi connectivity index (χ4n) is 6.73. The highest BCUT2D eigenvalue weighted by Crippen LogP contribution is 2.37. The topological polar surface area (TPSA) is 152 Å². The molecule has 3 aliphatic rings. The second kappa shape index (κ2) is 12.1. The van der Waals surface area contributed by atoms with Gasteiger partial charge in [0.1, 0.15) is 28.9 Å². The standard InChI is InChI=1S/C32H32ClF3N8O4/c1-15-11-41(12-16-4-5-16)7-8-43(15)22-10-20(25(33)29(36)39-22)38-23(45)14-42-13-19(17-9-18(30(37)47)28(46)27(35)26(17)34)24-31(42)40-21-3-2-6-44(21)32(24)48/h9-10,13,15-16,46H,2-8,11-12,14H2,1H3,(H2,37,47)(H,38,39,45)/t15-/m0/s1. The Morgan fingerprint density at radius 3 is 2.58 bits per heavy atom. The molecule has 252 valence electrons. The maximum atomic E-state index is 15.3. The lowest BCUT2D eigenvalue weighted by molar-refractivity contribution is -0.116. The highest BCUT2D eigenvalue weighted by Gasteiger charge is 2.31. The Labute approximate surface area is 276 Å². The summed E-state index contributed by atoms with van der Waals surface area (Å²) in [5.74, 6) is -5.86. The number of pyridine rings is 1. The first-order valence-electron chi connectivity index (χ1n) is 15.7. The molecule has 1 atom stereocenters. The number of piperazine rings is 1. The van der Waals surface area contributed by atoms with Crippen LogP contribution in [0.3, 0.4) is 0 Å². The summed E-state index contributed by atoms with van der Waals surface area (Å²) in [6.45, 7) is 5.14. The van der Waals surface area contributed by atoms with Crippen molar-refractivity contribution in [2.75, 3.05) is 36.4 Å². The van der Waals surface area contributed by atoms with Gasteiger partial charge in [0.15, 0.2) is 11.6 Å². The lowest BCUT2D eigenvalue weighted by Crippen LogP contribution is -2.52. The van der Waals surface area contributed by atoms with Crippen molar-refractivity contribution < 1.29 is 27.9 Å². The van der Waals surface area contributed by atoms with Gasteiger partial charge in [-0.2, -0.15) is 8.78 Å².